The van der Waals surface area contributed by atoms with Crippen LogP contribution in [0.5, 0.6) is 0 Å². The minimum Gasteiger partial charge on any atom is -0.438 e. The molecule has 28 heavy (non-hydrogen) atoms. The number of ether oxygens (including phenoxy) is 1. The molecule has 3 aromatic rings. The number of halogens is 1. The van der Waals surface area contributed by atoms with Gasteiger partial charge in [0.25, 0.3) is 5.91 Å². The summed E-state index contributed by atoms with van der Waals surface area (Å²) in [4.78, 5) is 17.5. The SMILES string of the molecule is Cc1ccc(N=c2oc3ccc(Br)cc3cc2C(=O)NC[C@@H]2CCCO2)cc1. The molecule has 5 nitrogen and oxygen atoms in total. The standard InChI is InChI=1S/C22H21BrN2O3/c1-14-4-7-17(8-5-14)25-22-19(21(26)24-13-18-3-2-10-27-18)12-15-11-16(23)6-9-20(15)28-22/h4-9,11-12,18H,2-3,10,13H2,1H3,(H,24,26)/t18-/m0/s1. The molecule has 4 rings (SSSR count). The van der Waals surface area contributed by atoms with Crippen LogP contribution in [0.2, 0.25) is 0 Å². The molecule has 0 unspecified atom stereocenters. The van der Waals surface area contributed by atoms with Gasteiger partial charge in [-0.3, -0.25) is 4.79 Å². The van der Waals surface area contributed by atoms with Crippen LogP contribution in [0.15, 0.2) is 62.4 Å². The number of fused-ring (bicyclic) bond motifs is 1. The highest BCUT2D eigenvalue weighted by Crippen LogP contribution is 2.20. The Labute approximate surface area is 171 Å². The van der Waals surface area contributed by atoms with Crippen LogP contribution >= 0.6 is 15.9 Å². The lowest BCUT2D eigenvalue weighted by molar-refractivity contribution is 0.0854. The third-order valence-corrected chi connectivity index (χ3v) is 5.23. The molecule has 1 fully saturated rings. The third-order valence-electron chi connectivity index (χ3n) is 4.73. The van der Waals surface area contributed by atoms with Crippen LogP contribution in [0.4, 0.5) is 5.69 Å². The lowest BCUT2D eigenvalue weighted by Gasteiger charge is -2.11. The number of carbonyl (C=O) groups is 1. The molecule has 0 bridgehead atoms. The monoisotopic (exact) mass is 440 g/mol. The molecular formula is C22H21BrN2O3. The van der Waals surface area contributed by atoms with Gasteiger partial charge in [-0.15, -0.1) is 0 Å². The molecular weight excluding hydrogens is 420 g/mol. The van der Waals surface area contributed by atoms with E-state index in [1.54, 1.807) is 0 Å². The largest absolute Gasteiger partial charge is 0.438 e. The number of hydrogen-bond donors (Lipinski definition) is 1. The van der Waals surface area contributed by atoms with Crippen molar-refractivity contribution in [2.24, 2.45) is 4.99 Å². The molecule has 144 valence electrons. The Morgan fingerprint density at radius 2 is 2.04 bits per heavy atom. The Hall–Kier alpha value is -2.44. The highest BCUT2D eigenvalue weighted by Gasteiger charge is 2.18. The maximum atomic E-state index is 12.9. The van der Waals surface area contributed by atoms with Crippen molar-refractivity contribution in [1.82, 2.24) is 5.32 Å². The van der Waals surface area contributed by atoms with Crippen molar-refractivity contribution in [3.63, 3.8) is 0 Å². The van der Waals surface area contributed by atoms with Gasteiger partial charge in [-0.25, -0.2) is 4.99 Å². The molecule has 1 aromatic heterocycles. The van der Waals surface area contributed by atoms with Gasteiger partial charge in [0, 0.05) is 23.0 Å². The second-order valence-electron chi connectivity index (χ2n) is 6.94. The van der Waals surface area contributed by atoms with Gasteiger partial charge in [-0.05, 0) is 56.2 Å². The molecule has 1 amide bonds. The van der Waals surface area contributed by atoms with E-state index in [0.717, 1.165) is 40.6 Å². The van der Waals surface area contributed by atoms with E-state index >= 15 is 0 Å². The Kier molecular flexibility index (Phi) is 5.59. The second-order valence-corrected chi connectivity index (χ2v) is 7.86. The first-order valence-corrected chi connectivity index (χ1v) is 10.1. The average Bonchev–Trinajstić information content (AvgIpc) is 3.21. The van der Waals surface area contributed by atoms with Crippen LogP contribution in [0.3, 0.4) is 0 Å². The first-order chi connectivity index (χ1) is 13.6. The summed E-state index contributed by atoms with van der Waals surface area (Å²) in [6, 6.07) is 15.3. The highest BCUT2D eigenvalue weighted by atomic mass is 79.9. The smallest absolute Gasteiger partial charge is 0.256 e. The molecule has 2 heterocycles. The maximum Gasteiger partial charge on any atom is 0.256 e. The van der Waals surface area contributed by atoms with E-state index in [4.69, 9.17) is 9.15 Å². The van der Waals surface area contributed by atoms with Crippen molar-refractivity contribution < 1.29 is 13.9 Å². The van der Waals surface area contributed by atoms with Crippen molar-refractivity contribution in [3.05, 3.63) is 69.7 Å². The van der Waals surface area contributed by atoms with Crippen LogP contribution in [-0.4, -0.2) is 25.2 Å². The Balaban J connectivity index is 1.74. The van der Waals surface area contributed by atoms with Crippen LogP contribution < -0.4 is 10.9 Å². The van der Waals surface area contributed by atoms with Gasteiger partial charge in [-0.2, -0.15) is 0 Å². The van der Waals surface area contributed by atoms with E-state index < -0.39 is 0 Å². The van der Waals surface area contributed by atoms with Gasteiger partial charge >= 0.3 is 0 Å². The minimum absolute atomic E-state index is 0.0768. The molecule has 0 spiro atoms. The van der Waals surface area contributed by atoms with Crippen molar-refractivity contribution in [2.45, 2.75) is 25.9 Å². The van der Waals surface area contributed by atoms with Crippen LogP contribution in [0.1, 0.15) is 28.8 Å². The van der Waals surface area contributed by atoms with Crippen LogP contribution in [0, 0.1) is 6.92 Å². The van der Waals surface area contributed by atoms with Crippen molar-refractivity contribution in [1.29, 1.82) is 0 Å². The fraction of sp³-hybridized carbons (Fsp3) is 0.273. The van der Waals surface area contributed by atoms with Gasteiger partial charge in [0.1, 0.15) is 11.1 Å². The van der Waals surface area contributed by atoms with Crippen LogP contribution in [-0.2, 0) is 4.74 Å². The van der Waals surface area contributed by atoms with E-state index in [2.05, 4.69) is 26.2 Å². The minimum atomic E-state index is -0.216. The van der Waals surface area contributed by atoms with Crippen molar-refractivity contribution >= 4 is 38.5 Å². The first-order valence-electron chi connectivity index (χ1n) is 9.33. The summed E-state index contributed by atoms with van der Waals surface area (Å²) >= 11 is 3.47. The molecule has 1 saturated heterocycles. The summed E-state index contributed by atoms with van der Waals surface area (Å²) in [7, 11) is 0. The molecule has 0 radical (unpaired) electrons. The zero-order chi connectivity index (χ0) is 19.5. The molecule has 0 aliphatic carbocycles. The Morgan fingerprint density at radius 1 is 1.21 bits per heavy atom. The topological polar surface area (TPSA) is 63.8 Å². The van der Waals surface area contributed by atoms with Gasteiger partial charge in [0.15, 0.2) is 0 Å². The number of nitrogens with one attached hydrogen (secondary N) is 1. The van der Waals surface area contributed by atoms with Gasteiger partial charge < -0.3 is 14.5 Å². The lowest BCUT2D eigenvalue weighted by atomic mass is 10.1. The average molecular weight is 441 g/mol. The molecule has 1 aliphatic rings. The maximum absolute atomic E-state index is 12.9. The normalized spacial score (nSPS) is 17.2. The van der Waals surface area contributed by atoms with Crippen molar-refractivity contribution in [2.75, 3.05) is 13.2 Å². The van der Waals surface area contributed by atoms with E-state index in [-0.39, 0.29) is 12.0 Å². The van der Waals surface area contributed by atoms with Gasteiger partial charge in [-0.1, -0.05) is 33.6 Å². The quantitative estimate of drug-likeness (QED) is 0.642. The number of hydrogen-bond acceptors (Lipinski definition) is 4. The number of nitrogens with zero attached hydrogens (tertiary/aromatic N) is 1. The molecule has 6 heteroatoms. The fourth-order valence-electron chi connectivity index (χ4n) is 3.19. The molecule has 0 saturated carbocycles. The fourth-order valence-corrected chi connectivity index (χ4v) is 3.57. The number of aryl methyl sites for hydroxylation is 1. The van der Waals surface area contributed by atoms with Gasteiger partial charge in [0.2, 0.25) is 5.55 Å². The highest BCUT2D eigenvalue weighted by molar-refractivity contribution is 9.10. The predicted molar refractivity (Wildman–Crippen MR) is 112 cm³/mol. The number of benzene rings is 2. The summed E-state index contributed by atoms with van der Waals surface area (Å²) in [5, 5.41) is 3.79. The zero-order valence-electron chi connectivity index (χ0n) is 15.6. The molecule has 1 N–H and O–H groups in total. The number of amides is 1. The number of rotatable bonds is 4. The van der Waals surface area contributed by atoms with Crippen LogP contribution in [0.25, 0.3) is 11.0 Å². The summed E-state index contributed by atoms with van der Waals surface area (Å²) in [5.74, 6) is -0.216. The third kappa shape index (κ3) is 4.34. The molecule has 2 aromatic carbocycles. The number of carbonyl (C=O) groups excluding carboxylic acids is 1. The summed E-state index contributed by atoms with van der Waals surface area (Å²) in [6.07, 6.45) is 2.08. The Morgan fingerprint density at radius 3 is 2.79 bits per heavy atom. The predicted octanol–water partition coefficient (Wildman–Crippen LogP) is 4.64. The summed E-state index contributed by atoms with van der Waals surface area (Å²) < 4.78 is 12.5. The van der Waals surface area contributed by atoms with E-state index in [1.165, 1.54) is 0 Å². The lowest BCUT2D eigenvalue weighted by Crippen LogP contribution is -2.34. The van der Waals surface area contributed by atoms with Gasteiger partial charge in [0.05, 0.1) is 11.8 Å². The second kappa shape index (κ2) is 8.29. The summed E-state index contributed by atoms with van der Waals surface area (Å²) in [6.45, 7) is 3.26. The van der Waals surface area contributed by atoms with E-state index in [9.17, 15) is 4.79 Å². The van der Waals surface area contributed by atoms with Crippen molar-refractivity contribution in [3.8, 4) is 0 Å². The van der Waals surface area contributed by atoms with E-state index in [0.29, 0.717) is 23.2 Å². The van der Waals surface area contributed by atoms with E-state index in [1.807, 2.05) is 55.5 Å². The summed E-state index contributed by atoms with van der Waals surface area (Å²) in [5.41, 5.74) is 3.25. The Bertz CT molecular complexity index is 1070. The zero-order valence-corrected chi connectivity index (χ0v) is 17.2. The molecule has 1 aliphatic heterocycles. The molecule has 1 atom stereocenters. The first kappa shape index (κ1) is 18.9.